The first-order valence-electron chi connectivity index (χ1n) is 4.34. The molecular weight excluding hydrogens is 214 g/mol. The van der Waals surface area contributed by atoms with E-state index in [-0.39, 0.29) is 5.75 Å². The highest BCUT2D eigenvalue weighted by molar-refractivity contribution is 7.90. The number of nitrogens with zero attached hydrogens (tertiary/aromatic N) is 1. The standard InChI is InChI=1S/C10H9NO3S/c12-15(13,7-9-6-11-8-14-9)10-4-2-1-3-5-10/h1-6,8H,7H2. The number of aromatic nitrogens is 1. The normalized spacial score (nSPS) is 11.5. The summed E-state index contributed by atoms with van der Waals surface area (Å²) in [7, 11) is -3.32. The van der Waals surface area contributed by atoms with E-state index in [0.29, 0.717) is 10.7 Å². The molecule has 4 nitrogen and oxygen atoms in total. The predicted octanol–water partition coefficient (Wildman–Crippen LogP) is 1.65. The van der Waals surface area contributed by atoms with Crippen molar-refractivity contribution in [1.82, 2.24) is 4.98 Å². The summed E-state index contributed by atoms with van der Waals surface area (Å²) in [6.45, 7) is 0. The van der Waals surface area contributed by atoms with Gasteiger partial charge in [0, 0.05) is 0 Å². The maximum absolute atomic E-state index is 11.8. The van der Waals surface area contributed by atoms with E-state index in [9.17, 15) is 8.42 Å². The van der Waals surface area contributed by atoms with Crippen molar-refractivity contribution in [3.63, 3.8) is 0 Å². The molecule has 0 aliphatic carbocycles. The fraction of sp³-hybridized carbons (Fsp3) is 0.100. The van der Waals surface area contributed by atoms with Crippen molar-refractivity contribution in [2.75, 3.05) is 0 Å². The number of benzene rings is 1. The molecule has 2 rings (SSSR count). The Balaban J connectivity index is 2.29. The van der Waals surface area contributed by atoms with Crippen molar-refractivity contribution in [1.29, 1.82) is 0 Å². The zero-order valence-corrected chi connectivity index (χ0v) is 8.65. The summed E-state index contributed by atoms with van der Waals surface area (Å²) in [6, 6.07) is 8.27. The number of sulfone groups is 1. The van der Waals surface area contributed by atoms with Gasteiger partial charge in [-0.1, -0.05) is 18.2 Å². The number of hydrogen-bond acceptors (Lipinski definition) is 4. The molecular formula is C10H9NO3S. The second kappa shape index (κ2) is 3.86. The van der Waals surface area contributed by atoms with Gasteiger partial charge in [-0.15, -0.1) is 0 Å². The quantitative estimate of drug-likeness (QED) is 0.793. The van der Waals surface area contributed by atoms with Gasteiger partial charge in [-0.2, -0.15) is 0 Å². The molecule has 0 fully saturated rings. The molecule has 0 aliphatic heterocycles. The Morgan fingerprint density at radius 1 is 1.20 bits per heavy atom. The molecule has 0 radical (unpaired) electrons. The molecule has 5 heteroatoms. The predicted molar refractivity (Wildman–Crippen MR) is 53.8 cm³/mol. The van der Waals surface area contributed by atoms with E-state index in [1.165, 1.54) is 12.6 Å². The van der Waals surface area contributed by atoms with Crippen LogP contribution in [-0.2, 0) is 15.6 Å². The second-order valence-electron chi connectivity index (χ2n) is 3.04. The molecule has 0 spiro atoms. The molecule has 0 unspecified atom stereocenters. The molecule has 15 heavy (non-hydrogen) atoms. The average molecular weight is 223 g/mol. The Kier molecular flexibility index (Phi) is 2.55. The van der Waals surface area contributed by atoms with Crippen LogP contribution in [0.1, 0.15) is 5.76 Å². The monoisotopic (exact) mass is 223 g/mol. The smallest absolute Gasteiger partial charge is 0.185 e. The van der Waals surface area contributed by atoms with E-state index in [4.69, 9.17) is 4.42 Å². The van der Waals surface area contributed by atoms with Gasteiger partial charge in [-0.25, -0.2) is 13.4 Å². The summed E-state index contributed by atoms with van der Waals surface area (Å²) in [5.41, 5.74) is 0. The maximum Gasteiger partial charge on any atom is 0.185 e. The maximum atomic E-state index is 11.8. The first kappa shape index (κ1) is 9.92. The van der Waals surface area contributed by atoms with Crippen LogP contribution in [0.25, 0.3) is 0 Å². The summed E-state index contributed by atoms with van der Waals surface area (Å²) < 4.78 is 28.5. The third-order valence-electron chi connectivity index (χ3n) is 1.92. The van der Waals surface area contributed by atoms with Crippen LogP contribution in [0.5, 0.6) is 0 Å². The minimum atomic E-state index is -3.32. The van der Waals surface area contributed by atoms with Gasteiger partial charge in [0.2, 0.25) is 0 Å². The van der Waals surface area contributed by atoms with Crippen molar-refractivity contribution >= 4 is 9.84 Å². The van der Waals surface area contributed by atoms with Gasteiger partial charge in [0.15, 0.2) is 16.2 Å². The summed E-state index contributed by atoms with van der Waals surface area (Å²) >= 11 is 0. The highest BCUT2D eigenvalue weighted by Gasteiger charge is 2.16. The van der Waals surface area contributed by atoms with Crippen LogP contribution >= 0.6 is 0 Å². The number of rotatable bonds is 3. The van der Waals surface area contributed by atoms with E-state index < -0.39 is 9.84 Å². The average Bonchev–Trinajstić information content (AvgIpc) is 2.71. The minimum Gasteiger partial charge on any atom is -0.447 e. The fourth-order valence-electron chi connectivity index (χ4n) is 1.21. The van der Waals surface area contributed by atoms with Crippen molar-refractivity contribution in [2.24, 2.45) is 0 Å². The van der Waals surface area contributed by atoms with E-state index in [1.807, 2.05) is 0 Å². The Hall–Kier alpha value is -1.62. The van der Waals surface area contributed by atoms with Gasteiger partial charge in [0.05, 0.1) is 11.1 Å². The molecule has 1 heterocycles. The molecule has 78 valence electrons. The third kappa shape index (κ3) is 2.24. The molecule has 1 aromatic carbocycles. The molecule has 0 aliphatic rings. The lowest BCUT2D eigenvalue weighted by Gasteiger charge is -2.00. The van der Waals surface area contributed by atoms with E-state index in [2.05, 4.69) is 4.98 Å². The van der Waals surface area contributed by atoms with Crippen LogP contribution in [-0.4, -0.2) is 13.4 Å². The van der Waals surface area contributed by atoms with Gasteiger partial charge in [-0.3, -0.25) is 0 Å². The van der Waals surface area contributed by atoms with Crippen molar-refractivity contribution in [3.8, 4) is 0 Å². The minimum absolute atomic E-state index is 0.156. The van der Waals surface area contributed by atoms with Gasteiger partial charge >= 0.3 is 0 Å². The molecule has 0 saturated heterocycles. The lowest BCUT2D eigenvalue weighted by Crippen LogP contribution is -2.03. The molecule has 2 aromatic rings. The van der Waals surface area contributed by atoms with Crippen molar-refractivity contribution in [2.45, 2.75) is 10.6 Å². The largest absolute Gasteiger partial charge is 0.447 e. The third-order valence-corrected chi connectivity index (χ3v) is 3.57. The Labute approximate surface area is 87.5 Å². The van der Waals surface area contributed by atoms with Crippen molar-refractivity contribution < 1.29 is 12.8 Å². The van der Waals surface area contributed by atoms with Gasteiger partial charge in [-0.05, 0) is 12.1 Å². The molecule has 0 bridgehead atoms. The van der Waals surface area contributed by atoms with Crippen LogP contribution in [0, 0.1) is 0 Å². The Bertz CT molecular complexity index is 517. The van der Waals surface area contributed by atoms with Gasteiger partial charge in [0.25, 0.3) is 0 Å². The molecule has 0 atom stereocenters. The molecule has 0 saturated carbocycles. The first-order valence-corrected chi connectivity index (χ1v) is 5.99. The highest BCUT2D eigenvalue weighted by atomic mass is 32.2. The SMILES string of the molecule is O=S(=O)(Cc1cnco1)c1ccccc1. The topological polar surface area (TPSA) is 60.2 Å². The van der Waals surface area contributed by atoms with E-state index >= 15 is 0 Å². The second-order valence-corrected chi connectivity index (χ2v) is 5.03. The molecule has 0 N–H and O–H groups in total. The number of hydrogen-bond donors (Lipinski definition) is 0. The Morgan fingerprint density at radius 3 is 2.53 bits per heavy atom. The van der Waals surface area contributed by atoms with Crippen LogP contribution in [0.15, 0.2) is 52.2 Å². The Morgan fingerprint density at radius 2 is 1.93 bits per heavy atom. The van der Waals surface area contributed by atoms with Crippen LogP contribution in [0.2, 0.25) is 0 Å². The van der Waals surface area contributed by atoms with Crippen LogP contribution in [0.3, 0.4) is 0 Å². The van der Waals surface area contributed by atoms with Crippen LogP contribution < -0.4 is 0 Å². The zero-order valence-electron chi connectivity index (χ0n) is 7.83. The van der Waals surface area contributed by atoms with Gasteiger partial charge < -0.3 is 4.42 Å². The summed E-state index contributed by atoms with van der Waals surface area (Å²) in [5, 5.41) is 0. The lowest BCUT2D eigenvalue weighted by molar-refractivity contribution is 0.515. The summed E-state index contributed by atoms with van der Waals surface area (Å²) in [4.78, 5) is 3.96. The van der Waals surface area contributed by atoms with Gasteiger partial charge in [0.1, 0.15) is 11.5 Å². The lowest BCUT2D eigenvalue weighted by atomic mass is 10.4. The first-order chi connectivity index (χ1) is 7.18. The molecule has 0 amide bonds. The summed E-state index contributed by atoms with van der Waals surface area (Å²) in [6.07, 6.45) is 2.62. The number of oxazole rings is 1. The van der Waals surface area contributed by atoms with E-state index in [1.54, 1.807) is 30.3 Å². The molecule has 1 aromatic heterocycles. The zero-order chi connectivity index (χ0) is 10.7. The highest BCUT2D eigenvalue weighted by Crippen LogP contribution is 2.15. The van der Waals surface area contributed by atoms with Crippen LogP contribution in [0.4, 0.5) is 0 Å². The van der Waals surface area contributed by atoms with Crippen molar-refractivity contribution in [3.05, 3.63) is 48.7 Å². The fourth-order valence-corrected chi connectivity index (χ4v) is 2.47. The van der Waals surface area contributed by atoms with E-state index in [0.717, 1.165) is 0 Å². The summed E-state index contributed by atoms with van der Waals surface area (Å²) in [5.74, 6) is 0.190.